The minimum Gasteiger partial charge on any atom is -0.493 e. The molecular weight excluding hydrogens is 196 g/mol. The molecule has 16 heavy (non-hydrogen) atoms. The molecule has 0 aromatic heterocycles. The third-order valence-electron chi connectivity index (χ3n) is 2.93. The Balaban J connectivity index is 2.03. The molecule has 0 N–H and O–H groups in total. The number of aryl methyl sites for hydroxylation is 1. The second-order valence-electron chi connectivity index (χ2n) is 4.05. The number of benzene rings is 2. The van der Waals surface area contributed by atoms with E-state index in [1.54, 1.807) is 0 Å². The second kappa shape index (κ2) is 4.01. The van der Waals surface area contributed by atoms with Gasteiger partial charge in [0, 0.05) is 0 Å². The lowest BCUT2D eigenvalue weighted by Crippen LogP contribution is -2.07. The monoisotopic (exact) mass is 209 g/mol. The third-order valence-corrected chi connectivity index (χ3v) is 2.93. The van der Waals surface area contributed by atoms with Crippen molar-refractivity contribution in [3.05, 3.63) is 54.1 Å². The van der Waals surface area contributed by atoms with E-state index in [2.05, 4.69) is 30.3 Å². The van der Waals surface area contributed by atoms with E-state index in [1.165, 1.54) is 11.1 Å². The first kappa shape index (κ1) is 9.46. The molecule has 0 spiro atoms. The fourth-order valence-corrected chi connectivity index (χ4v) is 2.10. The number of fused-ring (bicyclic) bond motifs is 1. The van der Waals surface area contributed by atoms with Crippen LogP contribution in [0, 0.1) is 6.07 Å². The van der Waals surface area contributed by atoms with Gasteiger partial charge in [0.1, 0.15) is 5.75 Å². The van der Waals surface area contributed by atoms with Gasteiger partial charge in [-0.2, -0.15) is 0 Å². The Morgan fingerprint density at radius 3 is 3.00 bits per heavy atom. The molecule has 1 nitrogen and oxygen atoms in total. The van der Waals surface area contributed by atoms with Gasteiger partial charge in [-0.1, -0.05) is 30.3 Å². The fourth-order valence-electron chi connectivity index (χ4n) is 2.10. The molecule has 1 aliphatic rings. The number of ether oxygens (including phenoxy) is 1. The molecule has 0 saturated carbocycles. The Morgan fingerprint density at radius 2 is 2.12 bits per heavy atom. The molecule has 79 valence electrons. The number of rotatable bonds is 1. The van der Waals surface area contributed by atoms with Crippen molar-refractivity contribution in [3.63, 3.8) is 0 Å². The van der Waals surface area contributed by atoms with Crippen molar-refractivity contribution in [1.29, 1.82) is 0 Å². The quantitative estimate of drug-likeness (QED) is 0.698. The van der Waals surface area contributed by atoms with Gasteiger partial charge >= 0.3 is 0 Å². The molecule has 0 bridgehead atoms. The van der Waals surface area contributed by atoms with Gasteiger partial charge < -0.3 is 4.74 Å². The number of hydrogen-bond acceptors (Lipinski definition) is 1. The summed E-state index contributed by atoms with van der Waals surface area (Å²) in [6.45, 7) is 0.851. The lowest BCUT2D eigenvalue weighted by Gasteiger charge is -2.17. The maximum absolute atomic E-state index is 5.60. The Labute approximate surface area is 95.7 Å². The SMILES string of the molecule is [c]1ccccc1-c1ccc2c(c1)CCCO2. The highest BCUT2D eigenvalue weighted by atomic mass is 16.5. The standard InChI is InChI=1S/C15H13O/c1-2-5-12(6-3-1)13-8-9-15-14(11-13)7-4-10-16-15/h1-3,5,8-9,11H,4,7,10H2. The zero-order valence-electron chi connectivity index (χ0n) is 9.07. The zero-order chi connectivity index (χ0) is 10.8. The minimum atomic E-state index is 0.851. The van der Waals surface area contributed by atoms with Crippen LogP contribution in [0.2, 0.25) is 0 Å². The van der Waals surface area contributed by atoms with E-state index >= 15 is 0 Å². The summed E-state index contributed by atoms with van der Waals surface area (Å²) in [6.07, 6.45) is 2.24. The van der Waals surface area contributed by atoms with Crippen LogP contribution >= 0.6 is 0 Å². The van der Waals surface area contributed by atoms with E-state index in [9.17, 15) is 0 Å². The summed E-state index contributed by atoms with van der Waals surface area (Å²) < 4.78 is 5.60. The molecule has 0 aliphatic carbocycles. The highest BCUT2D eigenvalue weighted by Gasteiger charge is 2.10. The molecule has 1 aliphatic heterocycles. The van der Waals surface area contributed by atoms with Crippen molar-refractivity contribution in [3.8, 4) is 16.9 Å². The molecule has 0 atom stereocenters. The number of hydrogen-bond donors (Lipinski definition) is 0. The first-order chi connectivity index (χ1) is 7.93. The molecule has 1 heterocycles. The van der Waals surface area contributed by atoms with Gasteiger partial charge in [-0.25, -0.2) is 0 Å². The second-order valence-corrected chi connectivity index (χ2v) is 4.05. The topological polar surface area (TPSA) is 9.23 Å². The largest absolute Gasteiger partial charge is 0.493 e. The van der Waals surface area contributed by atoms with Gasteiger partial charge in [0.25, 0.3) is 0 Å². The molecule has 0 fully saturated rings. The lowest BCUT2D eigenvalue weighted by molar-refractivity contribution is 0.288. The minimum absolute atomic E-state index is 0.851. The Morgan fingerprint density at radius 1 is 1.12 bits per heavy atom. The van der Waals surface area contributed by atoms with Gasteiger partial charge in [-0.3, -0.25) is 0 Å². The molecule has 0 unspecified atom stereocenters. The van der Waals surface area contributed by atoms with Crippen molar-refractivity contribution < 1.29 is 4.74 Å². The first-order valence-corrected chi connectivity index (χ1v) is 5.66. The van der Waals surface area contributed by atoms with Gasteiger partial charge in [0.2, 0.25) is 0 Å². The van der Waals surface area contributed by atoms with Crippen LogP contribution in [0.5, 0.6) is 5.75 Å². The van der Waals surface area contributed by atoms with E-state index in [4.69, 9.17) is 4.74 Å². The maximum Gasteiger partial charge on any atom is 0.122 e. The van der Waals surface area contributed by atoms with Crippen molar-refractivity contribution in [2.45, 2.75) is 12.8 Å². The van der Waals surface area contributed by atoms with E-state index in [-0.39, 0.29) is 0 Å². The average Bonchev–Trinajstić information content (AvgIpc) is 2.39. The normalized spacial score (nSPS) is 14.0. The van der Waals surface area contributed by atoms with Crippen LogP contribution in [-0.2, 0) is 6.42 Å². The first-order valence-electron chi connectivity index (χ1n) is 5.66. The van der Waals surface area contributed by atoms with E-state index in [1.807, 2.05) is 18.2 Å². The molecule has 1 heteroatoms. The summed E-state index contributed by atoms with van der Waals surface area (Å²) in [5.74, 6) is 1.05. The predicted molar refractivity (Wildman–Crippen MR) is 64.5 cm³/mol. The molecule has 2 aromatic rings. The summed E-state index contributed by atoms with van der Waals surface area (Å²) in [4.78, 5) is 0. The zero-order valence-corrected chi connectivity index (χ0v) is 9.07. The molecule has 1 radical (unpaired) electrons. The van der Waals surface area contributed by atoms with E-state index in [0.717, 1.165) is 30.8 Å². The summed E-state index contributed by atoms with van der Waals surface area (Å²) in [5.41, 5.74) is 3.70. The molecular formula is C15H13O. The Kier molecular flexibility index (Phi) is 2.37. The molecule has 2 aromatic carbocycles. The summed E-state index contributed by atoms with van der Waals surface area (Å²) >= 11 is 0. The van der Waals surface area contributed by atoms with E-state index < -0.39 is 0 Å². The summed E-state index contributed by atoms with van der Waals surface area (Å²) in [7, 11) is 0. The fraction of sp³-hybridized carbons (Fsp3) is 0.200. The van der Waals surface area contributed by atoms with Gasteiger partial charge in [-0.05, 0) is 47.7 Å². The van der Waals surface area contributed by atoms with Crippen molar-refractivity contribution in [2.75, 3.05) is 6.61 Å². The third kappa shape index (κ3) is 1.69. The smallest absolute Gasteiger partial charge is 0.122 e. The van der Waals surface area contributed by atoms with Crippen LogP contribution in [0.4, 0.5) is 0 Å². The molecule has 0 amide bonds. The van der Waals surface area contributed by atoms with Crippen molar-refractivity contribution in [2.24, 2.45) is 0 Å². The van der Waals surface area contributed by atoms with Gasteiger partial charge in [-0.15, -0.1) is 0 Å². The average molecular weight is 209 g/mol. The molecule has 3 rings (SSSR count). The van der Waals surface area contributed by atoms with Crippen LogP contribution in [0.15, 0.2) is 42.5 Å². The predicted octanol–water partition coefficient (Wildman–Crippen LogP) is 3.48. The van der Waals surface area contributed by atoms with Crippen LogP contribution < -0.4 is 4.74 Å². The lowest BCUT2D eigenvalue weighted by atomic mass is 9.99. The Bertz CT molecular complexity index is 488. The molecule has 0 saturated heterocycles. The van der Waals surface area contributed by atoms with Crippen LogP contribution in [-0.4, -0.2) is 6.61 Å². The van der Waals surface area contributed by atoms with Crippen LogP contribution in [0.3, 0.4) is 0 Å². The highest BCUT2D eigenvalue weighted by molar-refractivity contribution is 5.65. The van der Waals surface area contributed by atoms with Gasteiger partial charge in [0.05, 0.1) is 6.61 Å². The van der Waals surface area contributed by atoms with Crippen LogP contribution in [0.25, 0.3) is 11.1 Å². The van der Waals surface area contributed by atoms with Crippen LogP contribution in [0.1, 0.15) is 12.0 Å². The summed E-state index contributed by atoms with van der Waals surface area (Å²) in [6, 6.07) is 17.7. The van der Waals surface area contributed by atoms with Crippen molar-refractivity contribution in [1.82, 2.24) is 0 Å². The maximum atomic E-state index is 5.60. The van der Waals surface area contributed by atoms with E-state index in [0.29, 0.717) is 0 Å². The summed E-state index contributed by atoms with van der Waals surface area (Å²) in [5, 5.41) is 0. The van der Waals surface area contributed by atoms with Gasteiger partial charge in [0.15, 0.2) is 0 Å². The highest BCUT2D eigenvalue weighted by Crippen LogP contribution is 2.29. The van der Waals surface area contributed by atoms with Crippen molar-refractivity contribution >= 4 is 0 Å². The Hall–Kier alpha value is -1.76.